The van der Waals surface area contributed by atoms with Gasteiger partial charge in [0.1, 0.15) is 0 Å². The van der Waals surface area contributed by atoms with Crippen molar-refractivity contribution in [1.29, 1.82) is 0 Å². The first-order chi connectivity index (χ1) is 17.5. The molecule has 0 spiro atoms. The lowest BCUT2D eigenvalue weighted by Gasteiger charge is -2.32. The zero-order valence-corrected chi connectivity index (χ0v) is 21.4. The molecule has 3 heterocycles. The molecule has 10 heteroatoms. The molecule has 186 valence electrons. The van der Waals surface area contributed by atoms with Crippen LogP contribution in [0.25, 0.3) is 16.7 Å². The number of carbonyl (C=O) groups is 1. The fraction of sp³-hybridized carbons (Fsp3) is 0.269. The van der Waals surface area contributed by atoms with Gasteiger partial charge in [0, 0.05) is 56.5 Å². The molecule has 1 aliphatic rings. The molecule has 2 N–H and O–H groups in total. The summed E-state index contributed by atoms with van der Waals surface area (Å²) >= 11 is 12.6. The number of anilines is 2. The number of aromatic nitrogens is 3. The molecule has 1 fully saturated rings. The first kappa shape index (κ1) is 24.5. The van der Waals surface area contributed by atoms with Gasteiger partial charge in [-0.15, -0.1) is 0 Å². The number of likely N-dealkylation sites (N-methyl/N-ethyl adjacent to an activating group) is 1. The number of piperazine rings is 1. The molecule has 5 rings (SSSR count). The van der Waals surface area contributed by atoms with E-state index < -0.39 is 0 Å². The number of fused-ring (bicyclic) bond motifs is 1. The molecule has 4 aromatic rings. The number of carbonyl (C=O) groups excluding carboxylic acids is 1. The smallest absolute Gasteiger partial charge is 0.255 e. The molecule has 1 aliphatic heterocycles. The Hall–Kier alpha value is -3.17. The van der Waals surface area contributed by atoms with Gasteiger partial charge in [0.2, 0.25) is 0 Å². The van der Waals surface area contributed by atoms with E-state index in [4.69, 9.17) is 23.2 Å². The van der Waals surface area contributed by atoms with Crippen molar-refractivity contribution in [3.05, 3.63) is 76.5 Å². The van der Waals surface area contributed by atoms with Gasteiger partial charge >= 0.3 is 0 Å². The zero-order valence-electron chi connectivity index (χ0n) is 19.9. The normalized spacial score (nSPS) is 14.8. The fourth-order valence-corrected chi connectivity index (χ4v) is 4.77. The van der Waals surface area contributed by atoms with Gasteiger partial charge < -0.3 is 15.5 Å². The SMILES string of the molecule is CN1CCN(CCNC(=O)c2cccnc2-n2ncc3cc(Nc4c(Cl)cccc4Cl)ccc32)CC1. The first-order valence-corrected chi connectivity index (χ1v) is 12.6. The lowest BCUT2D eigenvalue weighted by atomic mass is 10.2. The summed E-state index contributed by atoms with van der Waals surface area (Å²) in [6.07, 6.45) is 3.41. The number of nitrogens with one attached hydrogen (secondary N) is 2. The summed E-state index contributed by atoms with van der Waals surface area (Å²) in [5, 5.41) is 12.8. The quantitative estimate of drug-likeness (QED) is 0.372. The Kier molecular flexibility index (Phi) is 7.38. The molecule has 2 aromatic carbocycles. The molecule has 8 nitrogen and oxygen atoms in total. The van der Waals surface area contributed by atoms with Crippen LogP contribution in [0.5, 0.6) is 0 Å². The topological polar surface area (TPSA) is 78.3 Å². The Morgan fingerprint density at radius 3 is 2.58 bits per heavy atom. The Morgan fingerprint density at radius 1 is 1.03 bits per heavy atom. The lowest BCUT2D eigenvalue weighted by molar-refractivity contribution is 0.0940. The van der Waals surface area contributed by atoms with Crippen molar-refractivity contribution in [2.45, 2.75) is 0 Å². The van der Waals surface area contributed by atoms with E-state index in [-0.39, 0.29) is 5.91 Å². The Labute approximate surface area is 219 Å². The summed E-state index contributed by atoms with van der Waals surface area (Å²) < 4.78 is 1.69. The number of hydrogen-bond acceptors (Lipinski definition) is 6. The third-order valence-corrected chi connectivity index (χ3v) is 6.97. The Bertz CT molecular complexity index is 1360. The van der Waals surface area contributed by atoms with Gasteiger partial charge in [-0.1, -0.05) is 29.3 Å². The van der Waals surface area contributed by atoms with E-state index in [1.807, 2.05) is 18.2 Å². The molecule has 1 amide bonds. The third-order valence-electron chi connectivity index (χ3n) is 6.34. The van der Waals surface area contributed by atoms with Gasteiger partial charge in [0.25, 0.3) is 5.91 Å². The van der Waals surface area contributed by atoms with E-state index in [9.17, 15) is 4.79 Å². The van der Waals surface area contributed by atoms with Crippen molar-refractivity contribution in [2.75, 3.05) is 51.6 Å². The molecule has 0 radical (unpaired) electrons. The second-order valence-corrected chi connectivity index (χ2v) is 9.64. The number of hydrogen-bond donors (Lipinski definition) is 2. The maximum Gasteiger partial charge on any atom is 0.255 e. The van der Waals surface area contributed by atoms with E-state index in [1.54, 1.807) is 47.4 Å². The predicted octanol–water partition coefficient (Wildman–Crippen LogP) is 4.45. The van der Waals surface area contributed by atoms with E-state index in [1.165, 1.54) is 0 Å². The van der Waals surface area contributed by atoms with Crippen LogP contribution in [0, 0.1) is 0 Å². The molecule has 0 bridgehead atoms. The van der Waals surface area contributed by atoms with Crippen LogP contribution in [0.1, 0.15) is 10.4 Å². The van der Waals surface area contributed by atoms with Crippen molar-refractivity contribution < 1.29 is 4.79 Å². The Balaban J connectivity index is 1.33. The minimum atomic E-state index is -0.164. The average molecular weight is 524 g/mol. The van der Waals surface area contributed by atoms with Gasteiger partial charge in [-0.3, -0.25) is 9.69 Å². The van der Waals surface area contributed by atoms with E-state index in [0.717, 1.165) is 49.3 Å². The minimum absolute atomic E-state index is 0.164. The number of rotatable bonds is 7. The van der Waals surface area contributed by atoms with Crippen molar-refractivity contribution in [3.8, 4) is 5.82 Å². The maximum atomic E-state index is 13.1. The van der Waals surface area contributed by atoms with Gasteiger partial charge in [-0.05, 0) is 49.5 Å². The molecule has 0 aliphatic carbocycles. The summed E-state index contributed by atoms with van der Waals surface area (Å²) in [7, 11) is 2.13. The number of benzene rings is 2. The molecular formula is C26H27Cl2N7O. The minimum Gasteiger partial charge on any atom is -0.353 e. The molecule has 36 heavy (non-hydrogen) atoms. The lowest BCUT2D eigenvalue weighted by Crippen LogP contribution is -2.46. The number of halogens is 2. The number of pyridine rings is 1. The van der Waals surface area contributed by atoms with Crippen LogP contribution < -0.4 is 10.6 Å². The van der Waals surface area contributed by atoms with E-state index in [2.05, 4.69) is 37.6 Å². The number of amides is 1. The molecular weight excluding hydrogens is 497 g/mol. The van der Waals surface area contributed by atoms with Crippen LogP contribution in [-0.2, 0) is 0 Å². The zero-order chi connectivity index (χ0) is 25.1. The summed E-state index contributed by atoms with van der Waals surface area (Å²) in [5.41, 5.74) is 2.77. The number of para-hydroxylation sites is 1. The van der Waals surface area contributed by atoms with Crippen molar-refractivity contribution in [2.24, 2.45) is 0 Å². The molecule has 0 saturated carbocycles. The largest absolute Gasteiger partial charge is 0.353 e. The molecule has 1 saturated heterocycles. The van der Waals surface area contributed by atoms with Crippen LogP contribution in [0.4, 0.5) is 11.4 Å². The maximum absolute atomic E-state index is 13.1. The predicted molar refractivity (Wildman–Crippen MR) is 145 cm³/mol. The van der Waals surface area contributed by atoms with Crippen LogP contribution in [-0.4, -0.2) is 76.8 Å². The highest BCUT2D eigenvalue weighted by Crippen LogP contribution is 2.33. The fourth-order valence-electron chi connectivity index (χ4n) is 4.28. The van der Waals surface area contributed by atoms with E-state index >= 15 is 0 Å². The van der Waals surface area contributed by atoms with Crippen LogP contribution in [0.3, 0.4) is 0 Å². The summed E-state index contributed by atoms with van der Waals surface area (Å²) in [5.74, 6) is 0.321. The van der Waals surface area contributed by atoms with Crippen LogP contribution in [0.2, 0.25) is 10.0 Å². The summed E-state index contributed by atoms with van der Waals surface area (Å²) in [4.78, 5) is 22.2. The Morgan fingerprint density at radius 2 is 1.81 bits per heavy atom. The van der Waals surface area contributed by atoms with Crippen molar-refractivity contribution >= 4 is 51.4 Å². The summed E-state index contributed by atoms with van der Waals surface area (Å²) in [6.45, 7) is 5.54. The number of nitrogens with zero attached hydrogens (tertiary/aromatic N) is 5. The van der Waals surface area contributed by atoms with Crippen LogP contribution >= 0.6 is 23.2 Å². The highest BCUT2D eigenvalue weighted by molar-refractivity contribution is 6.39. The van der Waals surface area contributed by atoms with Gasteiger partial charge in [-0.25, -0.2) is 9.67 Å². The molecule has 0 atom stereocenters. The van der Waals surface area contributed by atoms with E-state index in [0.29, 0.717) is 33.7 Å². The highest BCUT2D eigenvalue weighted by atomic mass is 35.5. The third kappa shape index (κ3) is 5.32. The standard InChI is InChI=1S/C26H27Cl2N7O/c1-33-12-14-34(15-13-33)11-10-30-26(36)20-4-3-9-29-25(20)35-23-8-7-19(16-18(23)17-31-35)32-24-21(27)5-2-6-22(24)28/h2-9,16-17,32H,10-15H2,1H3,(H,30,36). The average Bonchev–Trinajstić information content (AvgIpc) is 3.30. The van der Waals surface area contributed by atoms with Crippen LogP contribution in [0.15, 0.2) is 60.9 Å². The van der Waals surface area contributed by atoms with Gasteiger partial charge in [0.05, 0.1) is 33.0 Å². The monoisotopic (exact) mass is 523 g/mol. The second kappa shape index (κ2) is 10.8. The highest BCUT2D eigenvalue weighted by Gasteiger charge is 2.18. The van der Waals surface area contributed by atoms with Crippen molar-refractivity contribution in [3.63, 3.8) is 0 Å². The second-order valence-electron chi connectivity index (χ2n) is 8.83. The van der Waals surface area contributed by atoms with Gasteiger partial charge in [0.15, 0.2) is 5.82 Å². The summed E-state index contributed by atoms with van der Waals surface area (Å²) in [6, 6.07) is 14.7. The first-order valence-electron chi connectivity index (χ1n) is 11.8. The molecule has 2 aromatic heterocycles. The van der Waals surface area contributed by atoms with Gasteiger partial charge in [-0.2, -0.15) is 5.10 Å². The molecule has 0 unspecified atom stereocenters. The van der Waals surface area contributed by atoms with Crippen molar-refractivity contribution in [1.82, 2.24) is 29.9 Å².